The highest BCUT2D eigenvalue weighted by Crippen LogP contribution is 2.43. The fourth-order valence-electron chi connectivity index (χ4n) is 1.23. The predicted octanol–water partition coefficient (Wildman–Crippen LogP) is 2.58. The number of hydrogen-bond donors (Lipinski definition) is 2. The zero-order chi connectivity index (χ0) is 12.7. The van der Waals surface area contributed by atoms with Gasteiger partial charge in [-0.15, -0.1) is 0 Å². The van der Waals surface area contributed by atoms with Gasteiger partial charge in [-0.2, -0.15) is 0 Å². The van der Waals surface area contributed by atoms with E-state index in [-0.39, 0.29) is 12.8 Å². The molecule has 0 fully saturated rings. The average Bonchev–Trinajstić information content (AvgIpc) is 2.29. The second-order valence-electron chi connectivity index (χ2n) is 3.76. The number of rotatable bonds is 6. The highest BCUT2D eigenvalue weighted by atomic mass is 31.2. The third-order valence-electron chi connectivity index (χ3n) is 2.15. The van der Waals surface area contributed by atoms with Crippen LogP contribution in [-0.2, 0) is 4.57 Å². The van der Waals surface area contributed by atoms with Crippen molar-refractivity contribution in [3.8, 4) is 5.75 Å². The van der Waals surface area contributed by atoms with Gasteiger partial charge in [0.2, 0.25) is 0 Å². The number of hydrogen-bond acceptors (Lipinski definition) is 3. The monoisotopic (exact) mass is 256 g/mol. The number of allylic oxidation sites excluding steroid dienone is 1. The van der Waals surface area contributed by atoms with Crippen LogP contribution in [0.3, 0.4) is 0 Å². The van der Waals surface area contributed by atoms with Crippen LogP contribution in [0, 0.1) is 0 Å². The Balaban J connectivity index is 2.50. The maximum Gasteiger partial charge on any atom is 0.376 e. The molecule has 94 valence electrons. The Kier molecular flexibility index (Phi) is 5.42. The molecular weight excluding hydrogens is 239 g/mol. The first-order valence-corrected chi connectivity index (χ1v) is 7.13. The van der Waals surface area contributed by atoms with Gasteiger partial charge in [0.25, 0.3) is 0 Å². The molecule has 0 bridgehead atoms. The summed E-state index contributed by atoms with van der Waals surface area (Å²) in [5, 5.41) is 8.77. The van der Waals surface area contributed by atoms with E-state index in [0.717, 1.165) is 5.57 Å². The molecule has 0 saturated heterocycles. The molecule has 1 aromatic rings. The normalized spacial score (nSPS) is 15.4. The van der Waals surface area contributed by atoms with Crippen LogP contribution >= 0.6 is 7.60 Å². The van der Waals surface area contributed by atoms with E-state index in [1.165, 1.54) is 0 Å². The van der Waals surface area contributed by atoms with Gasteiger partial charge in [-0.3, -0.25) is 0 Å². The molecule has 0 amide bonds. The average molecular weight is 256 g/mol. The van der Waals surface area contributed by atoms with E-state index in [1.807, 2.05) is 6.07 Å². The third-order valence-corrected chi connectivity index (χ3v) is 3.46. The molecule has 0 saturated carbocycles. The van der Waals surface area contributed by atoms with Gasteiger partial charge in [-0.05, 0) is 25.5 Å². The fraction of sp³-hybridized carbons (Fsp3) is 0.333. The van der Waals surface area contributed by atoms with Crippen molar-refractivity contribution < 1.29 is 19.1 Å². The van der Waals surface area contributed by atoms with Crippen LogP contribution in [0.1, 0.15) is 13.3 Å². The van der Waals surface area contributed by atoms with Crippen molar-refractivity contribution in [2.45, 2.75) is 13.3 Å². The van der Waals surface area contributed by atoms with Gasteiger partial charge < -0.3 is 14.5 Å². The first-order chi connectivity index (χ1) is 8.03. The van der Waals surface area contributed by atoms with Crippen molar-refractivity contribution in [3.05, 3.63) is 42.0 Å². The van der Waals surface area contributed by atoms with Gasteiger partial charge in [0, 0.05) is 0 Å². The van der Waals surface area contributed by atoms with Crippen LogP contribution in [0.15, 0.2) is 42.0 Å². The molecule has 4 nitrogen and oxygen atoms in total. The van der Waals surface area contributed by atoms with Crippen molar-refractivity contribution in [1.82, 2.24) is 0 Å². The van der Waals surface area contributed by atoms with Crippen molar-refractivity contribution in [2.75, 3.05) is 12.8 Å². The van der Waals surface area contributed by atoms with Crippen LogP contribution in [-0.4, -0.2) is 22.8 Å². The molecule has 17 heavy (non-hydrogen) atoms. The molecule has 1 unspecified atom stereocenters. The Morgan fingerprint density at radius 3 is 2.65 bits per heavy atom. The van der Waals surface area contributed by atoms with Gasteiger partial charge in [0.05, 0.1) is 12.8 Å². The van der Waals surface area contributed by atoms with Crippen LogP contribution in [0.4, 0.5) is 0 Å². The number of benzene rings is 1. The molecule has 5 heteroatoms. The Bertz CT molecular complexity index is 414. The van der Waals surface area contributed by atoms with Crippen LogP contribution in [0.5, 0.6) is 5.75 Å². The maximum absolute atomic E-state index is 11.7. The standard InChI is InChI=1S/C12H17O4P/c1-11(10-13)6-5-9-17(14,15)16-12-7-3-2-4-8-12/h2-4,6-8,13H,5,9-10H2,1H3,(H,14,15)/b11-6+. The minimum Gasteiger partial charge on any atom is -0.424 e. The fourth-order valence-corrected chi connectivity index (χ4v) is 2.23. The van der Waals surface area contributed by atoms with Gasteiger partial charge in [-0.1, -0.05) is 29.8 Å². The molecule has 2 N–H and O–H groups in total. The second kappa shape index (κ2) is 6.60. The quantitative estimate of drug-likeness (QED) is 0.606. The smallest absolute Gasteiger partial charge is 0.376 e. The topological polar surface area (TPSA) is 66.8 Å². The molecule has 1 rings (SSSR count). The Hall–Kier alpha value is -1.09. The van der Waals surface area contributed by atoms with Gasteiger partial charge >= 0.3 is 7.60 Å². The largest absolute Gasteiger partial charge is 0.424 e. The van der Waals surface area contributed by atoms with E-state index >= 15 is 0 Å². The number of aliphatic hydroxyl groups is 1. The Labute approximate surface area is 101 Å². The molecule has 0 aliphatic rings. The van der Waals surface area contributed by atoms with E-state index < -0.39 is 7.60 Å². The summed E-state index contributed by atoms with van der Waals surface area (Å²) in [6.45, 7) is 1.73. The zero-order valence-electron chi connectivity index (χ0n) is 9.74. The molecule has 0 heterocycles. The summed E-state index contributed by atoms with van der Waals surface area (Å²) in [6, 6.07) is 8.56. The van der Waals surface area contributed by atoms with E-state index in [2.05, 4.69) is 0 Å². The first kappa shape index (κ1) is 14.0. The Morgan fingerprint density at radius 1 is 1.41 bits per heavy atom. The lowest BCUT2D eigenvalue weighted by Crippen LogP contribution is -1.97. The Morgan fingerprint density at radius 2 is 2.06 bits per heavy atom. The van der Waals surface area contributed by atoms with Gasteiger partial charge in [-0.25, -0.2) is 4.57 Å². The summed E-state index contributed by atoms with van der Waals surface area (Å²) in [4.78, 5) is 9.60. The van der Waals surface area contributed by atoms with Crippen molar-refractivity contribution in [1.29, 1.82) is 0 Å². The summed E-state index contributed by atoms with van der Waals surface area (Å²) in [5.41, 5.74) is 0.782. The number of para-hydroxylation sites is 1. The first-order valence-electron chi connectivity index (χ1n) is 5.36. The third kappa shape index (κ3) is 5.68. The molecule has 0 spiro atoms. The lowest BCUT2D eigenvalue weighted by molar-refractivity contribution is 0.331. The summed E-state index contributed by atoms with van der Waals surface area (Å²) >= 11 is 0. The van der Waals surface area contributed by atoms with E-state index in [1.54, 1.807) is 37.3 Å². The molecule has 0 aliphatic carbocycles. The van der Waals surface area contributed by atoms with Crippen molar-refractivity contribution in [2.24, 2.45) is 0 Å². The summed E-state index contributed by atoms with van der Waals surface area (Å²) in [7, 11) is -3.61. The molecule has 1 atom stereocenters. The summed E-state index contributed by atoms with van der Waals surface area (Å²) < 4.78 is 16.7. The second-order valence-corrected chi connectivity index (χ2v) is 5.67. The molecular formula is C12H17O4P. The number of aliphatic hydroxyl groups excluding tert-OH is 1. The highest BCUT2D eigenvalue weighted by molar-refractivity contribution is 7.53. The van der Waals surface area contributed by atoms with Crippen LogP contribution < -0.4 is 4.52 Å². The lowest BCUT2D eigenvalue weighted by atomic mass is 10.3. The molecule has 0 aromatic heterocycles. The van der Waals surface area contributed by atoms with E-state index in [9.17, 15) is 9.46 Å². The minimum atomic E-state index is -3.61. The predicted molar refractivity (Wildman–Crippen MR) is 67.2 cm³/mol. The lowest BCUT2D eigenvalue weighted by Gasteiger charge is -2.12. The minimum absolute atomic E-state index is 0.0325. The van der Waals surface area contributed by atoms with Gasteiger partial charge in [0.15, 0.2) is 0 Å². The van der Waals surface area contributed by atoms with Crippen LogP contribution in [0.25, 0.3) is 0 Å². The molecule has 1 aromatic carbocycles. The molecule has 0 radical (unpaired) electrons. The van der Waals surface area contributed by atoms with Gasteiger partial charge in [0.1, 0.15) is 5.75 Å². The van der Waals surface area contributed by atoms with Crippen LogP contribution in [0.2, 0.25) is 0 Å². The van der Waals surface area contributed by atoms with E-state index in [4.69, 9.17) is 9.63 Å². The summed E-state index contributed by atoms with van der Waals surface area (Å²) in [6.07, 6.45) is 2.18. The SMILES string of the molecule is C/C(=C\CCP(=O)(O)Oc1ccccc1)CO. The maximum atomic E-state index is 11.7. The van der Waals surface area contributed by atoms with E-state index in [0.29, 0.717) is 12.2 Å². The molecule has 0 aliphatic heterocycles. The summed E-state index contributed by atoms with van der Waals surface area (Å²) in [5.74, 6) is 0.390. The van der Waals surface area contributed by atoms with Crippen molar-refractivity contribution in [3.63, 3.8) is 0 Å². The highest BCUT2D eigenvalue weighted by Gasteiger charge is 2.19. The van der Waals surface area contributed by atoms with Crippen molar-refractivity contribution >= 4 is 7.60 Å². The zero-order valence-corrected chi connectivity index (χ0v) is 10.6.